The lowest BCUT2D eigenvalue weighted by molar-refractivity contribution is 0.293. The maximum absolute atomic E-state index is 11.7. The maximum atomic E-state index is 11.7. The SMILES string of the molecule is CCn1c(=O)n(CC)n1-c1ccc(Cl)cc1. The van der Waals surface area contributed by atoms with Crippen molar-refractivity contribution in [3.8, 4) is 5.69 Å². The lowest BCUT2D eigenvalue weighted by Crippen LogP contribution is -2.49. The molecule has 0 aliphatic heterocycles. The summed E-state index contributed by atoms with van der Waals surface area (Å²) >= 11 is 5.83. The van der Waals surface area contributed by atoms with Crippen molar-refractivity contribution in [2.24, 2.45) is 0 Å². The molecular formula is C11H14ClN3O. The highest BCUT2D eigenvalue weighted by molar-refractivity contribution is 6.30. The van der Waals surface area contributed by atoms with Crippen molar-refractivity contribution >= 4 is 11.6 Å². The van der Waals surface area contributed by atoms with Crippen molar-refractivity contribution in [2.45, 2.75) is 26.9 Å². The van der Waals surface area contributed by atoms with Crippen LogP contribution in [0.3, 0.4) is 0 Å². The molecule has 1 heterocycles. The molecule has 2 rings (SSSR count). The predicted molar refractivity (Wildman–Crippen MR) is 64.4 cm³/mol. The third-order valence-corrected chi connectivity index (χ3v) is 2.81. The molecule has 0 aliphatic carbocycles. The molecule has 0 amide bonds. The number of hydrogen-bond donors (Lipinski definition) is 0. The Morgan fingerprint density at radius 3 is 2.00 bits per heavy atom. The van der Waals surface area contributed by atoms with E-state index in [-0.39, 0.29) is 5.69 Å². The van der Waals surface area contributed by atoms with E-state index in [2.05, 4.69) is 0 Å². The van der Waals surface area contributed by atoms with Crippen LogP contribution in [0.15, 0.2) is 29.1 Å². The number of halogens is 1. The van der Waals surface area contributed by atoms with E-state index in [4.69, 9.17) is 11.6 Å². The van der Waals surface area contributed by atoms with Crippen LogP contribution in [0.25, 0.3) is 5.69 Å². The Balaban J connectivity index is 2.51. The van der Waals surface area contributed by atoms with Crippen LogP contribution in [0.1, 0.15) is 13.8 Å². The molecule has 0 fully saturated rings. The fourth-order valence-corrected chi connectivity index (χ4v) is 1.91. The van der Waals surface area contributed by atoms with E-state index in [1.165, 1.54) is 0 Å². The van der Waals surface area contributed by atoms with Crippen molar-refractivity contribution < 1.29 is 0 Å². The first kappa shape index (κ1) is 11.1. The minimum absolute atomic E-state index is 0.0416. The van der Waals surface area contributed by atoms with Gasteiger partial charge < -0.3 is 0 Å². The first-order chi connectivity index (χ1) is 7.69. The Bertz CT molecular complexity index is 510. The topological polar surface area (TPSA) is 31.9 Å². The molecule has 0 aliphatic rings. The molecule has 0 saturated carbocycles. The third-order valence-electron chi connectivity index (χ3n) is 2.56. The van der Waals surface area contributed by atoms with Crippen LogP contribution in [0, 0.1) is 0 Å². The van der Waals surface area contributed by atoms with Crippen molar-refractivity contribution in [3.05, 3.63) is 39.8 Å². The Morgan fingerprint density at radius 2 is 1.56 bits per heavy atom. The molecular weight excluding hydrogens is 226 g/mol. The first-order valence-corrected chi connectivity index (χ1v) is 5.71. The number of aromatic nitrogens is 3. The summed E-state index contributed by atoms with van der Waals surface area (Å²) < 4.78 is 3.37. The van der Waals surface area contributed by atoms with Gasteiger partial charge in [-0.25, -0.2) is 14.2 Å². The zero-order chi connectivity index (χ0) is 11.7. The van der Waals surface area contributed by atoms with Crippen molar-refractivity contribution in [1.29, 1.82) is 0 Å². The van der Waals surface area contributed by atoms with Gasteiger partial charge in [0.2, 0.25) is 0 Å². The van der Waals surface area contributed by atoms with Crippen LogP contribution in [-0.2, 0) is 13.1 Å². The second-order valence-electron chi connectivity index (χ2n) is 3.48. The predicted octanol–water partition coefficient (Wildman–Crippen LogP) is 2.13. The Hall–Kier alpha value is -1.42. The van der Waals surface area contributed by atoms with Crippen LogP contribution in [0.4, 0.5) is 0 Å². The van der Waals surface area contributed by atoms with Crippen molar-refractivity contribution in [2.75, 3.05) is 0 Å². The highest BCUT2D eigenvalue weighted by Gasteiger charge is 2.14. The molecule has 0 spiro atoms. The van der Waals surface area contributed by atoms with E-state index in [1.54, 1.807) is 9.36 Å². The standard InChI is InChI=1S/C11H14ClN3O/c1-3-13-11(16)14(4-2)15(13)10-7-5-9(12)6-8-10/h5-8H,3-4H2,1-2H3. The molecule has 0 radical (unpaired) electrons. The van der Waals surface area contributed by atoms with Gasteiger partial charge in [0.05, 0.1) is 5.69 Å². The monoisotopic (exact) mass is 239 g/mol. The summed E-state index contributed by atoms with van der Waals surface area (Å²) in [4.78, 5) is 13.5. The molecule has 1 aromatic carbocycles. The van der Waals surface area contributed by atoms with Gasteiger partial charge in [-0.2, -0.15) is 4.80 Å². The second-order valence-corrected chi connectivity index (χ2v) is 3.92. The largest absolute Gasteiger partial charge is 0.360 e. The molecule has 0 saturated heterocycles. The fourth-order valence-electron chi connectivity index (χ4n) is 1.78. The molecule has 0 atom stereocenters. The van der Waals surface area contributed by atoms with Crippen LogP contribution in [0.2, 0.25) is 5.02 Å². The summed E-state index contributed by atoms with van der Waals surface area (Å²) in [5.74, 6) is 0. The highest BCUT2D eigenvalue weighted by Crippen LogP contribution is 2.13. The van der Waals surface area contributed by atoms with E-state index in [1.807, 2.05) is 42.9 Å². The Kier molecular flexibility index (Phi) is 2.92. The lowest BCUT2D eigenvalue weighted by atomic mass is 10.3. The van der Waals surface area contributed by atoms with Gasteiger partial charge in [-0.3, -0.25) is 0 Å². The summed E-state index contributed by atoms with van der Waals surface area (Å²) in [6.45, 7) is 5.23. The molecule has 2 aromatic rings. The van der Waals surface area contributed by atoms with E-state index >= 15 is 0 Å². The van der Waals surface area contributed by atoms with E-state index < -0.39 is 0 Å². The smallest absolute Gasteiger partial charge is 0.244 e. The second kappa shape index (κ2) is 4.22. The maximum Gasteiger partial charge on any atom is 0.360 e. The normalized spacial score (nSPS) is 10.9. The summed E-state index contributed by atoms with van der Waals surface area (Å²) in [5.41, 5.74) is 0.993. The van der Waals surface area contributed by atoms with Gasteiger partial charge in [-0.05, 0) is 38.1 Å². The average Bonchev–Trinajstić information content (AvgIpc) is 2.28. The first-order valence-electron chi connectivity index (χ1n) is 5.33. The van der Waals surface area contributed by atoms with Crippen LogP contribution in [-0.4, -0.2) is 14.2 Å². The van der Waals surface area contributed by atoms with Crippen molar-refractivity contribution in [1.82, 2.24) is 14.2 Å². The molecule has 0 unspecified atom stereocenters. The Labute approximate surface area is 98.6 Å². The summed E-state index contributed by atoms with van der Waals surface area (Å²) in [7, 11) is 0. The number of rotatable bonds is 3. The molecule has 5 heteroatoms. The van der Waals surface area contributed by atoms with Gasteiger partial charge in [-0.1, -0.05) is 11.6 Å². The van der Waals surface area contributed by atoms with E-state index in [0.29, 0.717) is 18.1 Å². The van der Waals surface area contributed by atoms with Crippen molar-refractivity contribution in [3.63, 3.8) is 0 Å². The minimum Gasteiger partial charge on any atom is -0.244 e. The average molecular weight is 240 g/mol. The zero-order valence-corrected chi connectivity index (χ0v) is 10.1. The molecule has 86 valence electrons. The van der Waals surface area contributed by atoms with Gasteiger partial charge in [0, 0.05) is 18.1 Å². The molecule has 0 N–H and O–H groups in total. The molecule has 16 heavy (non-hydrogen) atoms. The number of nitrogens with zero attached hydrogens (tertiary/aromatic N) is 3. The number of hydrogen-bond acceptors (Lipinski definition) is 1. The molecule has 0 bridgehead atoms. The van der Waals surface area contributed by atoms with Gasteiger partial charge in [0.1, 0.15) is 0 Å². The van der Waals surface area contributed by atoms with Crippen LogP contribution >= 0.6 is 11.6 Å². The number of benzene rings is 1. The Morgan fingerprint density at radius 1 is 1.06 bits per heavy atom. The quantitative estimate of drug-likeness (QED) is 0.808. The van der Waals surface area contributed by atoms with Gasteiger partial charge in [0.15, 0.2) is 0 Å². The minimum atomic E-state index is 0.0416. The van der Waals surface area contributed by atoms with Crippen LogP contribution in [0.5, 0.6) is 0 Å². The van der Waals surface area contributed by atoms with E-state index in [0.717, 1.165) is 5.69 Å². The fraction of sp³-hybridized carbons (Fsp3) is 0.364. The van der Waals surface area contributed by atoms with Gasteiger partial charge >= 0.3 is 5.69 Å². The summed E-state index contributed by atoms with van der Waals surface area (Å²) in [6, 6.07) is 7.45. The zero-order valence-electron chi connectivity index (χ0n) is 9.35. The molecule has 4 nitrogen and oxygen atoms in total. The van der Waals surface area contributed by atoms with Gasteiger partial charge in [0.25, 0.3) is 0 Å². The van der Waals surface area contributed by atoms with Crippen LogP contribution < -0.4 is 5.69 Å². The lowest BCUT2D eigenvalue weighted by Gasteiger charge is -2.25. The van der Waals surface area contributed by atoms with Gasteiger partial charge in [-0.15, -0.1) is 0 Å². The summed E-state index contributed by atoms with van der Waals surface area (Å²) in [5, 5.41) is 0.696. The summed E-state index contributed by atoms with van der Waals surface area (Å²) in [6.07, 6.45) is 0. The third kappa shape index (κ3) is 1.59. The highest BCUT2D eigenvalue weighted by atomic mass is 35.5. The van der Waals surface area contributed by atoms with E-state index in [9.17, 15) is 4.79 Å². The molecule has 1 aromatic heterocycles.